The highest BCUT2D eigenvalue weighted by Gasteiger charge is 2.12. The average Bonchev–Trinajstić information content (AvgIpc) is 2.64. The zero-order valence-electron chi connectivity index (χ0n) is 9.85. The van der Waals surface area contributed by atoms with Crippen LogP contribution in [0.4, 0.5) is 0 Å². The maximum atomic E-state index is 12.2. The molecule has 0 unspecified atom stereocenters. The summed E-state index contributed by atoms with van der Waals surface area (Å²) in [7, 11) is 0.628. The van der Waals surface area contributed by atoms with Crippen molar-refractivity contribution < 1.29 is 4.21 Å². The van der Waals surface area contributed by atoms with Crippen LogP contribution in [0.25, 0.3) is 0 Å². The lowest BCUT2D eigenvalue weighted by Gasteiger charge is -2.04. The number of rotatable bonds is 3. The van der Waals surface area contributed by atoms with Crippen LogP contribution in [0.15, 0.2) is 23.1 Å². The summed E-state index contributed by atoms with van der Waals surface area (Å²) >= 11 is 11.7. The van der Waals surface area contributed by atoms with Crippen molar-refractivity contribution in [3.8, 4) is 0 Å². The summed E-state index contributed by atoms with van der Waals surface area (Å²) in [6.45, 7) is 1.85. The number of halogens is 2. The van der Waals surface area contributed by atoms with E-state index >= 15 is 0 Å². The van der Waals surface area contributed by atoms with E-state index in [9.17, 15) is 4.21 Å². The molecule has 1 heterocycles. The highest BCUT2D eigenvalue weighted by Crippen LogP contribution is 2.24. The van der Waals surface area contributed by atoms with Crippen LogP contribution in [-0.2, 0) is 23.6 Å². The summed E-state index contributed by atoms with van der Waals surface area (Å²) in [6.07, 6.45) is 0. The molecule has 0 radical (unpaired) electrons. The largest absolute Gasteiger partial charge is 0.318 e. The summed E-state index contributed by atoms with van der Waals surface area (Å²) < 4.78 is 14.0. The number of nitrogens with zero attached hydrogens (tertiary/aromatic N) is 3. The van der Waals surface area contributed by atoms with Crippen molar-refractivity contribution in [3.05, 3.63) is 39.9 Å². The maximum absolute atomic E-state index is 12.2. The first-order valence-corrected chi connectivity index (χ1v) is 7.25. The Hall–Kier alpha value is -0.910. The topological polar surface area (TPSA) is 47.8 Å². The van der Waals surface area contributed by atoms with Gasteiger partial charge < -0.3 is 4.57 Å². The van der Waals surface area contributed by atoms with E-state index in [2.05, 4.69) is 10.2 Å². The molecule has 0 spiro atoms. The van der Waals surface area contributed by atoms with Gasteiger partial charge in [-0.15, -0.1) is 10.2 Å². The van der Waals surface area contributed by atoms with Gasteiger partial charge in [0.05, 0.1) is 26.6 Å². The molecule has 0 fully saturated rings. The predicted molar refractivity (Wildman–Crippen MR) is 72.3 cm³/mol. The van der Waals surface area contributed by atoms with Gasteiger partial charge in [0.25, 0.3) is 0 Å². The molecule has 0 amide bonds. The Morgan fingerprint density at radius 2 is 2.00 bits per heavy atom. The first-order chi connectivity index (χ1) is 8.49. The average molecular weight is 304 g/mol. The second kappa shape index (κ2) is 5.38. The molecule has 96 valence electrons. The standard InChI is InChI=1S/C11H11Cl2N3OS/c1-7-14-15-11(16(7)2)6-18(17)8-3-4-9(12)10(13)5-8/h3-5H,6H2,1-2H3/t18-/m0/s1. The minimum absolute atomic E-state index is 0.301. The number of hydrogen-bond donors (Lipinski definition) is 0. The van der Waals surface area contributed by atoms with Gasteiger partial charge >= 0.3 is 0 Å². The van der Waals surface area contributed by atoms with Crippen LogP contribution in [0.1, 0.15) is 11.6 Å². The molecular formula is C11H11Cl2N3OS. The van der Waals surface area contributed by atoms with Crippen molar-refractivity contribution in [2.75, 3.05) is 0 Å². The Morgan fingerprint density at radius 3 is 2.56 bits per heavy atom. The zero-order valence-corrected chi connectivity index (χ0v) is 12.2. The lowest BCUT2D eigenvalue weighted by atomic mass is 10.4. The fourth-order valence-corrected chi connectivity index (χ4v) is 2.88. The number of hydrogen-bond acceptors (Lipinski definition) is 3. The maximum Gasteiger partial charge on any atom is 0.145 e. The summed E-state index contributed by atoms with van der Waals surface area (Å²) in [4.78, 5) is 0.630. The Balaban J connectivity index is 2.22. The predicted octanol–water partition coefficient (Wildman–Crippen LogP) is 2.74. The highest BCUT2D eigenvalue weighted by atomic mass is 35.5. The molecule has 0 N–H and O–H groups in total. The van der Waals surface area contributed by atoms with Crippen LogP contribution in [-0.4, -0.2) is 19.0 Å². The summed E-state index contributed by atoms with van der Waals surface area (Å²) in [5, 5.41) is 8.76. The quantitative estimate of drug-likeness (QED) is 0.876. The number of benzene rings is 1. The van der Waals surface area contributed by atoms with Crippen LogP contribution < -0.4 is 0 Å². The van der Waals surface area contributed by atoms with Gasteiger partial charge in [0.2, 0.25) is 0 Å². The van der Waals surface area contributed by atoms with Crippen LogP contribution in [0.3, 0.4) is 0 Å². The molecule has 4 nitrogen and oxygen atoms in total. The van der Waals surface area contributed by atoms with E-state index in [0.717, 1.165) is 5.82 Å². The molecule has 0 saturated heterocycles. The van der Waals surface area contributed by atoms with E-state index in [1.54, 1.807) is 18.2 Å². The Morgan fingerprint density at radius 1 is 1.28 bits per heavy atom. The fourth-order valence-electron chi connectivity index (χ4n) is 1.40. The first-order valence-electron chi connectivity index (χ1n) is 5.17. The molecule has 18 heavy (non-hydrogen) atoms. The highest BCUT2D eigenvalue weighted by molar-refractivity contribution is 7.84. The summed E-state index contributed by atoms with van der Waals surface area (Å²) in [5.41, 5.74) is 0. The van der Waals surface area contributed by atoms with Gasteiger partial charge in [-0.25, -0.2) is 0 Å². The van der Waals surface area contributed by atoms with Gasteiger partial charge in [-0.05, 0) is 25.1 Å². The van der Waals surface area contributed by atoms with Crippen molar-refractivity contribution in [2.45, 2.75) is 17.6 Å². The minimum Gasteiger partial charge on any atom is -0.318 e. The van der Waals surface area contributed by atoms with Crippen LogP contribution >= 0.6 is 23.2 Å². The van der Waals surface area contributed by atoms with Gasteiger partial charge in [0.1, 0.15) is 11.6 Å². The molecule has 2 aromatic rings. The van der Waals surface area contributed by atoms with E-state index in [0.29, 0.717) is 26.5 Å². The van der Waals surface area contributed by atoms with Gasteiger partial charge in [0, 0.05) is 11.9 Å². The molecule has 0 aliphatic rings. The Labute approximate surface area is 117 Å². The molecule has 7 heteroatoms. The Kier molecular flexibility index (Phi) is 4.04. The summed E-state index contributed by atoms with van der Waals surface area (Å²) in [6, 6.07) is 4.95. The van der Waals surface area contributed by atoms with Crippen molar-refractivity contribution in [3.63, 3.8) is 0 Å². The molecule has 0 aliphatic carbocycles. The summed E-state index contributed by atoms with van der Waals surface area (Å²) in [5.74, 6) is 1.77. The van der Waals surface area contributed by atoms with Crippen LogP contribution in [0.2, 0.25) is 10.0 Å². The molecular weight excluding hydrogens is 293 g/mol. The van der Waals surface area contributed by atoms with Crippen molar-refractivity contribution in [1.29, 1.82) is 0 Å². The molecule has 2 rings (SSSR count). The second-order valence-electron chi connectivity index (χ2n) is 3.79. The monoisotopic (exact) mass is 303 g/mol. The zero-order chi connectivity index (χ0) is 13.3. The van der Waals surface area contributed by atoms with Gasteiger partial charge in [0.15, 0.2) is 0 Å². The van der Waals surface area contributed by atoms with E-state index in [1.807, 2.05) is 18.5 Å². The second-order valence-corrected chi connectivity index (χ2v) is 6.05. The number of aryl methyl sites for hydroxylation is 1. The van der Waals surface area contributed by atoms with E-state index in [-0.39, 0.29) is 0 Å². The van der Waals surface area contributed by atoms with Crippen molar-refractivity contribution in [2.24, 2.45) is 7.05 Å². The van der Waals surface area contributed by atoms with Gasteiger partial charge in [-0.3, -0.25) is 4.21 Å². The molecule has 0 bridgehead atoms. The lowest BCUT2D eigenvalue weighted by Crippen LogP contribution is -2.04. The lowest BCUT2D eigenvalue weighted by molar-refractivity contribution is 0.679. The molecule has 1 aromatic heterocycles. The first kappa shape index (κ1) is 13.5. The van der Waals surface area contributed by atoms with Gasteiger partial charge in [-0.2, -0.15) is 0 Å². The molecule has 0 saturated carbocycles. The smallest absolute Gasteiger partial charge is 0.145 e. The molecule has 0 aliphatic heterocycles. The molecule has 1 aromatic carbocycles. The van der Waals surface area contributed by atoms with Crippen LogP contribution in [0, 0.1) is 6.92 Å². The van der Waals surface area contributed by atoms with E-state index in [4.69, 9.17) is 23.2 Å². The molecule has 1 atom stereocenters. The van der Waals surface area contributed by atoms with Crippen LogP contribution in [0.5, 0.6) is 0 Å². The normalized spacial score (nSPS) is 12.7. The van der Waals surface area contributed by atoms with Crippen molar-refractivity contribution >= 4 is 34.0 Å². The third-order valence-corrected chi connectivity index (χ3v) is 4.64. The number of aromatic nitrogens is 3. The third kappa shape index (κ3) is 2.74. The van der Waals surface area contributed by atoms with E-state index in [1.165, 1.54) is 0 Å². The van der Waals surface area contributed by atoms with E-state index < -0.39 is 10.8 Å². The SMILES string of the molecule is Cc1nnc(C[S@](=O)c2ccc(Cl)c(Cl)c2)n1C. The third-order valence-electron chi connectivity index (χ3n) is 2.60. The van der Waals surface area contributed by atoms with Gasteiger partial charge in [-0.1, -0.05) is 23.2 Å². The minimum atomic E-state index is -1.22. The Bertz CT molecular complexity index is 612. The fraction of sp³-hybridized carbons (Fsp3) is 0.273. The van der Waals surface area contributed by atoms with Crippen molar-refractivity contribution in [1.82, 2.24) is 14.8 Å².